The summed E-state index contributed by atoms with van der Waals surface area (Å²) in [5.74, 6) is 2.37. The molecule has 0 radical (unpaired) electrons. The highest BCUT2D eigenvalue weighted by Gasteiger charge is 2.20. The minimum atomic E-state index is 0.253. The number of fused-ring (bicyclic) bond motifs is 1. The number of anilines is 1. The molecule has 32 heavy (non-hydrogen) atoms. The van der Waals surface area contributed by atoms with Crippen molar-refractivity contribution in [2.75, 3.05) is 19.0 Å². The molecule has 4 rings (SSSR count). The predicted molar refractivity (Wildman–Crippen MR) is 124 cm³/mol. The van der Waals surface area contributed by atoms with Gasteiger partial charge in [0.05, 0.1) is 42.6 Å². The number of hydrogen-bond donors (Lipinski definition) is 1. The van der Waals surface area contributed by atoms with Crippen molar-refractivity contribution < 1.29 is 9.47 Å². The molecule has 0 saturated heterocycles. The summed E-state index contributed by atoms with van der Waals surface area (Å²) in [6, 6.07) is 7.87. The van der Waals surface area contributed by atoms with Gasteiger partial charge < -0.3 is 14.8 Å². The lowest BCUT2D eigenvalue weighted by Gasteiger charge is -2.14. The molecule has 8 nitrogen and oxygen atoms in total. The van der Waals surface area contributed by atoms with E-state index in [1.807, 2.05) is 48.8 Å². The lowest BCUT2D eigenvalue weighted by atomic mass is 10.1. The molecule has 0 atom stereocenters. The van der Waals surface area contributed by atoms with Gasteiger partial charge in [0.1, 0.15) is 17.1 Å². The molecule has 0 amide bonds. The first-order valence-corrected chi connectivity index (χ1v) is 10.7. The molecule has 0 aliphatic heterocycles. The monoisotopic (exact) mass is 432 g/mol. The highest BCUT2D eigenvalue weighted by Crippen LogP contribution is 2.33. The third-order valence-electron chi connectivity index (χ3n) is 5.15. The van der Waals surface area contributed by atoms with E-state index >= 15 is 0 Å². The number of aryl methyl sites for hydroxylation is 1. The Hall–Kier alpha value is -3.68. The zero-order valence-corrected chi connectivity index (χ0v) is 19.1. The first kappa shape index (κ1) is 21.5. The van der Waals surface area contributed by atoms with Crippen LogP contribution in [0.15, 0.2) is 42.9 Å². The highest BCUT2D eigenvalue weighted by molar-refractivity contribution is 5.80. The summed E-state index contributed by atoms with van der Waals surface area (Å²) < 4.78 is 13.0. The third-order valence-corrected chi connectivity index (χ3v) is 5.15. The van der Waals surface area contributed by atoms with Crippen molar-refractivity contribution in [1.82, 2.24) is 24.6 Å². The Bertz CT molecular complexity index is 1230. The van der Waals surface area contributed by atoms with Crippen LogP contribution in [-0.2, 0) is 6.54 Å². The lowest BCUT2D eigenvalue weighted by Crippen LogP contribution is -2.07. The van der Waals surface area contributed by atoms with E-state index in [0.717, 1.165) is 45.3 Å². The number of imidazole rings is 1. The largest absolute Gasteiger partial charge is 0.495 e. The van der Waals surface area contributed by atoms with Gasteiger partial charge in [-0.3, -0.25) is 4.98 Å². The average Bonchev–Trinajstić information content (AvgIpc) is 3.15. The van der Waals surface area contributed by atoms with Crippen molar-refractivity contribution in [3.63, 3.8) is 0 Å². The van der Waals surface area contributed by atoms with E-state index in [1.165, 1.54) is 0 Å². The van der Waals surface area contributed by atoms with Gasteiger partial charge in [-0.1, -0.05) is 13.8 Å². The second kappa shape index (κ2) is 9.21. The molecule has 0 aromatic carbocycles. The molecule has 0 saturated carbocycles. The van der Waals surface area contributed by atoms with E-state index in [2.05, 4.69) is 29.1 Å². The molecular formula is C24H28N6O2. The van der Waals surface area contributed by atoms with Gasteiger partial charge in [-0.2, -0.15) is 5.10 Å². The van der Waals surface area contributed by atoms with Gasteiger partial charge >= 0.3 is 0 Å². The fourth-order valence-electron chi connectivity index (χ4n) is 3.64. The number of pyridine rings is 2. The van der Waals surface area contributed by atoms with E-state index < -0.39 is 0 Å². The topological polar surface area (TPSA) is 86.5 Å². The molecule has 4 aromatic heterocycles. The predicted octanol–water partition coefficient (Wildman–Crippen LogP) is 4.64. The summed E-state index contributed by atoms with van der Waals surface area (Å²) in [6.45, 7) is 9.30. The molecule has 8 heteroatoms. The number of ether oxygens (including phenoxy) is 2. The van der Waals surface area contributed by atoms with Crippen LogP contribution in [0, 0.1) is 6.92 Å². The number of hydrogen-bond acceptors (Lipinski definition) is 7. The quantitative estimate of drug-likeness (QED) is 0.434. The van der Waals surface area contributed by atoms with E-state index in [1.54, 1.807) is 19.5 Å². The van der Waals surface area contributed by atoms with E-state index in [-0.39, 0.29) is 5.92 Å². The summed E-state index contributed by atoms with van der Waals surface area (Å²) in [4.78, 5) is 13.5. The van der Waals surface area contributed by atoms with Crippen LogP contribution in [0.1, 0.15) is 43.8 Å². The van der Waals surface area contributed by atoms with Crippen molar-refractivity contribution in [3.8, 4) is 22.9 Å². The van der Waals surface area contributed by atoms with Crippen LogP contribution in [0.3, 0.4) is 0 Å². The van der Waals surface area contributed by atoms with Crippen LogP contribution in [0.2, 0.25) is 0 Å². The molecule has 0 aliphatic carbocycles. The Morgan fingerprint density at radius 3 is 2.78 bits per heavy atom. The molecule has 4 aromatic rings. The Kier molecular flexibility index (Phi) is 6.20. The van der Waals surface area contributed by atoms with Gasteiger partial charge in [0.2, 0.25) is 5.88 Å². The van der Waals surface area contributed by atoms with Crippen LogP contribution in [0.4, 0.5) is 5.69 Å². The minimum Gasteiger partial charge on any atom is -0.495 e. The highest BCUT2D eigenvalue weighted by atomic mass is 16.5. The van der Waals surface area contributed by atoms with Gasteiger partial charge in [0.15, 0.2) is 0 Å². The van der Waals surface area contributed by atoms with Crippen molar-refractivity contribution in [3.05, 3.63) is 59.9 Å². The molecular weight excluding hydrogens is 404 g/mol. The Balaban J connectivity index is 1.83. The summed E-state index contributed by atoms with van der Waals surface area (Å²) in [6.07, 6.45) is 5.25. The summed E-state index contributed by atoms with van der Waals surface area (Å²) in [5.41, 5.74) is 5.52. The molecule has 0 fully saturated rings. The van der Waals surface area contributed by atoms with Gasteiger partial charge in [-0.05, 0) is 49.6 Å². The lowest BCUT2D eigenvalue weighted by molar-refractivity contribution is 0.328. The van der Waals surface area contributed by atoms with Crippen LogP contribution >= 0.6 is 0 Å². The van der Waals surface area contributed by atoms with E-state index in [9.17, 15) is 0 Å². The number of methoxy groups -OCH3 is 1. The van der Waals surface area contributed by atoms with E-state index in [0.29, 0.717) is 19.0 Å². The van der Waals surface area contributed by atoms with Crippen molar-refractivity contribution in [1.29, 1.82) is 0 Å². The second-order valence-electron chi connectivity index (χ2n) is 7.78. The van der Waals surface area contributed by atoms with Crippen molar-refractivity contribution in [2.45, 2.75) is 40.2 Å². The van der Waals surface area contributed by atoms with Crippen LogP contribution in [0.25, 0.3) is 16.8 Å². The first-order chi connectivity index (χ1) is 15.5. The van der Waals surface area contributed by atoms with Gasteiger partial charge in [0, 0.05) is 18.9 Å². The standard InChI is InChI=1S/C24H28N6O2/c1-6-32-24-19(8-7-9-26-24)20-11-21(27-13-17-10-18(31-5)14-25-12-17)23-22(15(2)3)28-16(4)30(23)29-20/h7-12,14-15,27H,6,13H2,1-5H3. The SMILES string of the molecule is CCOc1ncccc1-c1cc(NCc2cncc(OC)c2)c2c(C(C)C)nc(C)n2n1. The zero-order valence-electron chi connectivity index (χ0n) is 19.1. The van der Waals surface area contributed by atoms with Crippen molar-refractivity contribution >= 4 is 11.2 Å². The molecule has 4 heterocycles. The van der Waals surface area contributed by atoms with Crippen LogP contribution in [-0.4, -0.2) is 38.3 Å². The van der Waals surface area contributed by atoms with E-state index in [4.69, 9.17) is 19.6 Å². The number of aromatic nitrogens is 5. The maximum absolute atomic E-state index is 5.75. The summed E-state index contributed by atoms with van der Waals surface area (Å²) >= 11 is 0. The fraction of sp³-hybridized carbons (Fsp3) is 0.333. The summed E-state index contributed by atoms with van der Waals surface area (Å²) in [5, 5.41) is 8.46. The molecule has 1 N–H and O–H groups in total. The number of nitrogens with zero attached hydrogens (tertiary/aromatic N) is 5. The third kappa shape index (κ3) is 4.21. The average molecular weight is 433 g/mol. The van der Waals surface area contributed by atoms with Crippen molar-refractivity contribution in [2.24, 2.45) is 0 Å². The maximum atomic E-state index is 5.75. The van der Waals surface area contributed by atoms with Gasteiger partial charge in [-0.25, -0.2) is 14.5 Å². The smallest absolute Gasteiger partial charge is 0.222 e. The minimum absolute atomic E-state index is 0.253. The van der Waals surface area contributed by atoms with Gasteiger partial charge in [0.25, 0.3) is 0 Å². The first-order valence-electron chi connectivity index (χ1n) is 10.7. The molecule has 0 bridgehead atoms. The maximum Gasteiger partial charge on any atom is 0.222 e. The number of nitrogens with one attached hydrogen (secondary N) is 1. The Labute approximate surface area is 187 Å². The molecule has 0 spiro atoms. The zero-order chi connectivity index (χ0) is 22.7. The molecule has 166 valence electrons. The number of rotatable bonds is 8. The normalized spacial score (nSPS) is 11.2. The van der Waals surface area contributed by atoms with Crippen LogP contribution < -0.4 is 14.8 Å². The second-order valence-corrected chi connectivity index (χ2v) is 7.78. The fourth-order valence-corrected chi connectivity index (χ4v) is 3.64. The Morgan fingerprint density at radius 2 is 2.03 bits per heavy atom. The Morgan fingerprint density at radius 1 is 1.19 bits per heavy atom. The van der Waals surface area contributed by atoms with Gasteiger partial charge in [-0.15, -0.1) is 0 Å². The summed E-state index contributed by atoms with van der Waals surface area (Å²) in [7, 11) is 1.64. The molecule has 0 unspecified atom stereocenters. The molecule has 0 aliphatic rings. The van der Waals surface area contributed by atoms with Crippen LogP contribution in [0.5, 0.6) is 11.6 Å².